The Kier molecular flexibility index (Phi) is 3.98. The Morgan fingerprint density at radius 2 is 2.19 bits per heavy atom. The number of aromatic nitrogens is 1. The number of nitro groups is 1. The van der Waals surface area contributed by atoms with Crippen LogP contribution >= 0.6 is 0 Å². The van der Waals surface area contributed by atoms with Crippen molar-refractivity contribution < 1.29 is 14.5 Å². The molecule has 0 saturated carbocycles. The lowest BCUT2D eigenvalue weighted by atomic mass is 10.2. The van der Waals surface area contributed by atoms with Gasteiger partial charge in [0.1, 0.15) is 11.4 Å². The van der Waals surface area contributed by atoms with Gasteiger partial charge < -0.3 is 15.8 Å². The van der Waals surface area contributed by atoms with Gasteiger partial charge in [-0.25, -0.2) is 4.98 Å². The van der Waals surface area contributed by atoms with Gasteiger partial charge in [-0.1, -0.05) is 0 Å². The smallest absolute Gasteiger partial charge is 0.296 e. The Hall–Kier alpha value is -3.16. The van der Waals surface area contributed by atoms with E-state index in [9.17, 15) is 14.9 Å². The molecular formula is C13H12N4O4. The number of carbonyl (C=O) groups excluding carboxylic acids is 1. The summed E-state index contributed by atoms with van der Waals surface area (Å²) in [4.78, 5) is 26.3. The van der Waals surface area contributed by atoms with Gasteiger partial charge in [0.2, 0.25) is 0 Å². The molecule has 1 aromatic heterocycles. The van der Waals surface area contributed by atoms with Crippen LogP contribution in [0.1, 0.15) is 10.5 Å². The van der Waals surface area contributed by atoms with E-state index in [0.29, 0.717) is 5.75 Å². The number of benzene rings is 1. The summed E-state index contributed by atoms with van der Waals surface area (Å²) < 4.78 is 4.92. The van der Waals surface area contributed by atoms with E-state index in [1.54, 1.807) is 6.07 Å². The van der Waals surface area contributed by atoms with E-state index in [1.165, 1.54) is 37.6 Å². The second kappa shape index (κ2) is 5.87. The summed E-state index contributed by atoms with van der Waals surface area (Å²) in [5, 5.41) is 13.5. The Labute approximate surface area is 119 Å². The minimum absolute atomic E-state index is 0.00242. The van der Waals surface area contributed by atoms with Crippen molar-refractivity contribution in [2.75, 3.05) is 18.2 Å². The summed E-state index contributed by atoms with van der Waals surface area (Å²) in [6.07, 6.45) is 1.41. The quantitative estimate of drug-likeness (QED) is 0.654. The number of methoxy groups -OCH3 is 1. The first-order chi connectivity index (χ1) is 10.0. The highest BCUT2D eigenvalue weighted by molar-refractivity contribution is 6.07. The van der Waals surface area contributed by atoms with Crippen LogP contribution in [-0.2, 0) is 0 Å². The molecule has 2 aromatic rings. The van der Waals surface area contributed by atoms with Gasteiger partial charge in [0.15, 0.2) is 5.69 Å². The van der Waals surface area contributed by atoms with Gasteiger partial charge in [-0.05, 0) is 24.3 Å². The molecule has 1 amide bonds. The fourth-order valence-electron chi connectivity index (χ4n) is 1.68. The third-order valence-electron chi connectivity index (χ3n) is 2.70. The summed E-state index contributed by atoms with van der Waals surface area (Å²) in [5.74, 6) is -0.307. The Morgan fingerprint density at radius 1 is 1.43 bits per heavy atom. The van der Waals surface area contributed by atoms with Crippen LogP contribution in [0.2, 0.25) is 0 Å². The molecule has 3 N–H and O–H groups in total. The number of nitro benzene ring substituents is 1. The zero-order valence-corrected chi connectivity index (χ0v) is 11.1. The Balaban J connectivity index is 2.33. The number of nitrogens with two attached hydrogens (primary N) is 1. The van der Waals surface area contributed by atoms with Crippen molar-refractivity contribution >= 4 is 23.0 Å². The van der Waals surface area contributed by atoms with Gasteiger partial charge in [0.05, 0.1) is 23.8 Å². The Morgan fingerprint density at radius 3 is 2.81 bits per heavy atom. The number of hydrogen-bond donors (Lipinski definition) is 2. The van der Waals surface area contributed by atoms with Gasteiger partial charge in [0.25, 0.3) is 11.6 Å². The summed E-state index contributed by atoms with van der Waals surface area (Å²) in [6, 6.07) is 7.21. The molecule has 0 unspecified atom stereocenters. The average Bonchev–Trinajstić information content (AvgIpc) is 2.47. The van der Waals surface area contributed by atoms with Crippen molar-refractivity contribution in [2.45, 2.75) is 0 Å². The first kappa shape index (κ1) is 14.3. The average molecular weight is 288 g/mol. The number of amides is 1. The molecule has 0 aliphatic carbocycles. The lowest BCUT2D eigenvalue weighted by Gasteiger charge is -2.08. The monoisotopic (exact) mass is 288 g/mol. The number of ether oxygens (including phenoxy) is 1. The maximum atomic E-state index is 12.1. The van der Waals surface area contributed by atoms with Crippen molar-refractivity contribution in [3.63, 3.8) is 0 Å². The van der Waals surface area contributed by atoms with E-state index in [4.69, 9.17) is 10.5 Å². The van der Waals surface area contributed by atoms with Crippen LogP contribution in [0.3, 0.4) is 0 Å². The van der Waals surface area contributed by atoms with Gasteiger partial charge in [-0.3, -0.25) is 14.9 Å². The molecule has 1 heterocycles. The number of pyridine rings is 1. The molecular weight excluding hydrogens is 276 g/mol. The minimum atomic E-state index is -0.624. The lowest BCUT2D eigenvalue weighted by molar-refractivity contribution is -0.384. The zero-order valence-electron chi connectivity index (χ0n) is 11.1. The molecule has 0 aliphatic rings. The van der Waals surface area contributed by atoms with Crippen LogP contribution in [0.5, 0.6) is 5.75 Å². The molecule has 0 atom stereocenters. The molecule has 0 bridgehead atoms. The fraction of sp³-hybridized carbons (Fsp3) is 0.0769. The van der Waals surface area contributed by atoms with Gasteiger partial charge in [-0.15, -0.1) is 0 Å². The third kappa shape index (κ3) is 3.06. The molecule has 2 rings (SSSR count). The summed E-state index contributed by atoms with van der Waals surface area (Å²) in [6.45, 7) is 0. The number of rotatable bonds is 4. The number of anilines is 2. The maximum absolute atomic E-state index is 12.1. The van der Waals surface area contributed by atoms with Crippen LogP contribution in [0.25, 0.3) is 0 Å². The van der Waals surface area contributed by atoms with Crippen molar-refractivity contribution in [3.05, 3.63) is 52.3 Å². The SMILES string of the molecule is COc1ccc(NC(=O)c2ncccc2N)c([N+](=O)[O-])c1. The van der Waals surface area contributed by atoms with E-state index >= 15 is 0 Å². The van der Waals surface area contributed by atoms with Crippen LogP contribution in [0.15, 0.2) is 36.5 Å². The zero-order chi connectivity index (χ0) is 15.4. The maximum Gasteiger partial charge on any atom is 0.296 e. The highest BCUT2D eigenvalue weighted by atomic mass is 16.6. The van der Waals surface area contributed by atoms with Crippen LogP contribution in [-0.4, -0.2) is 22.9 Å². The highest BCUT2D eigenvalue weighted by Crippen LogP contribution is 2.29. The highest BCUT2D eigenvalue weighted by Gasteiger charge is 2.19. The van der Waals surface area contributed by atoms with Crippen molar-refractivity contribution in [1.29, 1.82) is 0 Å². The second-order valence-electron chi connectivity index (χ2n) is 4.04. The van der Waals surface area contributed by atoms with E-state index in [-0.39, 0.29) is 22.8 Å². The molecule has 0 spiro atoms. The third-order valence-corrected chi connectivity index (χ3v) is 2.70. The number of carbonyl (C=O) groups is 1. The molecule has 1 aromatic carbocycles. The van der Waals surface area contributed by atoms with Gasteiger partial charge >= 0.3 is 0 Å². The number of nitrogen functional groups attached to an aromatic ring is 1. The van der Waals surface area contributed by atoms with Gasteiger partial charge in [0, 0.05) is 6.20 Å². The normalized spacial score (nSPS) is 9.95. The van der Waals surface area contributed by atoms with Crippen LogP contribution < -0.4 is 15.8 Å². The van der Waals surface area contributed by atoms with Crippen LogP contribution in [0, 0.1) is 10.1 Å². The molecule has 21 heavy (non-hydrogen) atoms. The first-order valence-corrected chi connectivity index (χ1v) is 5.87. The number of nitrogens with zero attached hydrogens (tertiary/aromatic N) is 2. The molecule has 0 saturated heterocycles. The molecule has 8 heteroatoms. The van der Waals surface area contributed by atoms with E-state index in [2.05, 4.69) is 10.3 Å². The molecule has 108 valence electrons. The summed E-state index contributed by atoms with van der Waals surface area (Å²) in [5.41, 5.74) is 5.59. The Bertz CT molecular complexity index is 702. The molecule has 0 fully saturated rings. The van der Waals surface area contributed by atoms with Crippen molar-refractivity contribution in [1.82, 2.24) is 4.98 Å². The van der Waals surface area contributed by atoms with Crippen molar-refractivity contribution in [2.24, 2.45) is 0 Å². The standard InChI is InChI=1S/C13H12N4O4/c1-21-8-4-5-10(11(7-8)17(19)20)16-13(18)12-9(14)3-2-6-15-12/h2-7H,14H2,1H3,(H,16,18). The molecule has 0 aliphatic heterocycles. The minimum Gasteiger partial charge on any atom is -0.496 e. The number of hydrogen-bond acceptors (Lipinski definition) is 6. The summed E-state index contributed by atoms with van der Waals surface area (Å²) >= 11 is 0. The molecule has 8 nitrogen and oxygen atoms in total. The van der Waals surface area contributed by atoms with Crippen molar-refractivity contribution in [3.8, 4) is 5.75 Å². The topological polar surface area (TPSA) is 120 Å². The largest absolute Gasteiger partial charge is 0.496 e. The fourth-order valence-corrected chi connectivity index (χ4v) is 1.68. The first-order valence-electron chi connectivity index (χ1n) is 5.87. The lowest BCUT2D eigenvalue weighted by Crippen LogP contribution is -2.16. The van der Waals surface area contributed by atoms with Gasteiger partial charge in [-0.2, -0.15) is 0 Å². The predicted molar refractivity (Wildman–Crippen MR) is 76.3 cm³/mol. The van der Waals surface area contributed by atoms with E-state index in [0.717, 1.165) is 0 Å². The summed E-state index contributed by atoms with van der Waals surface area (Å²) in [7, 11) is 1.39. The van der Waals surface area contributed by atoms with E-state index < -0.39 is 10.8 Å². The molecule has 0 radical (unpaired) electrons. The van der Waals surface area contributed by atoms with E-state index in [1.807, 2.05) is 0 Å². The predicted octanol–water partition coefficient (Wildman–Crippen LogP) is 1.83. The number of nitrogens with one attached hydrogen (secondary N) is 1. The van der Waals surface area contributed by atoms with Crippen LogP contribution in [0.4, 0.5) is 17.1 Å². The second-order valence-corrected chi connectivity index (χ2v) is 4.04.